The Hall–Kier alpha value is 0.375. The fourth-order valence-electron chi connectivity index (χ4n) is 2.25. The summed E-state index contributed by atoms with van der Waals surface area (Å²) in [5, 5.41) is 0. The summed E-state index contributed by atoms with van der Waals surface area (Å²) in [5.74, 6) is 0. The molecular formula is C11H24BNS. The predicted molar refractivity (Wildman–Crippen MR) is 69.4 cm³/mol. The Balaban J connectivity index is 2.13. The lowest BCUT2D eigenvalue weighted by atomic mass is 9.66. The van der Waals surface area contributed by atoms with E-state index < -0.39 is 0 Å². The van der Waals surface area contributed by atoms with Crippen LogP contribution in [0, 0.1) is 5.41 Å². The zero-order valence-corrected chi connectivity index (χ0v) is 10.6. The van der Waals surface area contributed by atoms with Crippen LogP contribution in [0.25, 0.3) is 0 Å². The van der Waals surface area contributed by atoms with E-state index in [0.717, 1.165) is 0 Å². The molecular weight excluding hydrogens is 189 g/mol. The molecule has 0 atom stereocenters. The van der Waals surface area contributed by atoms with Gasteiger partial charge in [-0.2, -0.15) is 0 Å². The fraction of sp³-hybridized carbons (Fsp3) is 1.00. The highest BCUT2D eigenvalue weighted by atomic mass is 32.2. The van der Waals surface area contributed by atoms with Gasteiger partial charge in [0.15, 0.2) is 0 Å². The van der Waals surface area contributed by atoms with E-state index in [2.05, 4.69) is 19.5 Å². The molecule has 1 rings (SSSR count). The van der Waals surface area contributed by atoms with Crippen molar-refractivity contribution in [2.45, 2.75) is 51.9 Å². The van der Waals surface area contributed by atoms with Crippen molar-refractivity contribution in [3.63, 3.8) is 0 Å². The maximum Gasteiger partial charge on any atom is 0.115 e. The van der Waals surface area contributed by atoms with Crippen molar-refractivity contribution < 1.29 is 0 Å². The molecule has 0 bridgehead atoms. The quantitative estimate of drug-likeness (QED) is 0.378. The molecule has 1 nitrogen and oxygen atoms in total. The molecule has 0 unspecified atom stereocenters. The third-order valence-electron chi connectivity index (χ3n) is 3.42. The van der Waals surface area contributed by atoms with Crippen molar-refractivity contribution in [1.82, 2.24) is 4.72 Å². The molecule has 1 aliphatic rings. The lowest BCUT2D eigenvalue weighted by molar-refractivity contribution is 0.122. The highest BCUT2D eigenvalue weighted by Gasteiger charge is 2.35. The summed E-state index contributed by atoms with van der Waals surface area (Å²) < 4.78 is 3.52. The minimum Gasteiger partial charge on any atom is -0.264 e. The van der Waals surface area contributed by atoms with Gasteiger partial charge in [0.2, 0.25) is 0 Å². The molecule has 1 saturated carbocycles. The number of hydrogen-bond donors (Lipinski definition) is 1. The maximum absolute atomic E-state index is 3.52. The van der Waals surface area contributed by atoms with Gasteiger partial charge in [-0.25, -0.2) is 0 Å². The molecule has 0 aromatic heterocycles. The summed E-state index contributed by atoms with van der Waals surface area (Å²) in [6, 6.07) is 0. The standard InChI is InChI=1S/C11H24BNS/c1-2-3-4-6-11(7-5-8-11)9-13-14-10-12/h13H,2-10,12H2,1H3. The van der Waals surface area contributed by atoms with Gasteiger partial charge in [-0.05, 0) is 30.3 Å². The third-order valence-corrected chi connectivity index (χ3v) is 4.06. The molecule has 0 aromatic rings. The Morgan fingerprint density at radius 2 is 2.14 bits per heavy atom. The summed E-state index contributed by atoms with van der Waals surface area (Å²) in [4.78, 5) is 0. The fourth-order valence-corrected chi connectivity index (χ4v) is 2.86. The maximum atomic E-state index is 3.52. The monoisotopic (exact) mass is 213 g/mol. The Morgan fingerprint density at radius 1 is 1.36 bits per heavy atom. The lowest BCUT2D eigenvalue weighted by Gasteiger charge is -2.42. The Kier molecular flexibility index (Phi) is 6.03. The number of rotatable bonds is 8. The number of hydrogen-bond acceptors (Lipinski definition) is 2. The molecule has 0 radical (unpaired) electrons. The van der Waals surface area contributed by atoms with Gasteiger partial charge in [-0.15, -0.1) is 0 Å². The highest BCUT2D eigenvalue weighted by molar-refractivity contribution is 7.98. The van der Waals surface area contributed by atoms with Crippen molar-refractivity contribution >= 4 is 19.8 Å². The highest BCUT2D eigenvalue weighted by Crippen LogP contribution is 2.44. The van der Waals surface area contributed by atoms with E-state index in [-0.39, 0.29) is 0 Å². The van der Waals surface area contributed by atoms with Gasteiger partial charge in [-0.1, -0.05) is 44.6 Å². The van der Waals surface area contributed by atoms with Gasteiger partial charge in [-0.3, -0.25) is 4.72 Å². The van der Waals surface area contributed by atoms with Gasteiger partial charge in [0.25, 0.3) is 0 Å². The SMILES string of the molecule is BCSNCC1(CCCCC)CCC1. The molecule has 0 heterocycles. The summed E-state index contributed by atoms with van der Waals surface area (Å²) in [5.41, 5.74) is 1.88. The average molecular weight is 213 g/mol. The van der Waals surface area contributed by atoms with Gasteiger partial charge >= 0.3 is 0 Å². The second-order valence-electron chi connectivity index (χ2n) is 4.56. The largest absolute Gasteiger partial charge is 0.264 e. The minimum absolute atomic E-state index is 0.692. The molecule has 1 N–H and O–H groups in total. The summed E-state index contributed by atoms with van der Waals surface area (Å²) >= 11 is 1.87. The molecule has 82 valence electrons. The van der Waals surface area contributed by atoms with Gasteiger partial charge in [0, 0.05) is 6.54 Å². The third kappa shape index (κ3) is 3.86. The molecule has 1 aliphatic carbocycles. The van der Waals surface area contributed by atoms with Crippen LogP contribution in [-0.2, 0) is 0 Å². The molecule has 0 saturated heterocycles. The molecule has 1 fully saturated rings. The van der Waals surface area contributed by atoms with Crippen LogP contribution in [0.1, 0.15) is 51.9 Å². The zero-order chi connectivity index (χ0) is 10.3. The van der Waals surface area contributed by atoms with Gasteiger partial charge in [0.05, 0.1) is 0 Å². The van der Waals surface area contributed by atoms with E-state index in [1.165, 1.54) is 57.1 Å². The van der Waals surface area contributed by atoms with E-state index in [4.69, 9.17) is 0 Å². The topological polar surface area (TPSA) is 12.0 Å². The number of nitrogens with one attached hydrogen (secondary N) is 1. The predicted octanol–water partition coefficient (Wildman–Crippen LogP) is 2.57. The summed E-state index contributed by atoms with van der Waals surface area (Å²) in [6.07, 6.45) is 10.1. The van der Waals surface area contributed by atoms with Crippen LogP contribution in [0.15, 0.2) is 0 Å². The van der Waals surface area contributed by atoms with Crippen molar-refractivity contribution in [3.8, 4) is 0 Å². The molecule has 0 amide bonds. The van der Waals surface area contributed by atoms with E-state index in [1.807, 2.05) is 11.9 Å². The van der Waals surface area contributed by atoms with Crippen LogP contribution in [0.3, 0.4) is 0 Å². The molecule has 0 aromatic carbocycles. The first-order valence-corrected chi connectivity index (χ1v) is 7.16. The van der Waals surface area contributed by atoms with Crippen LogP contribution < -0.4 is 4.72 Å². The average Bonchev–Trinajstić information content (AvgIpc) is 2.13. The van der Waals surface area contributed by atoms with Crippen molar-refractivity contribution in [1.29, 1.82) is 0 Å². The molecule has 14 heavy (non-hydrogen) atoms. The zero-order valence-electron chi connectivity index (χ0n) is 9.77. The number of unbranched alkanes of at least 4 members (excludes halogenated alkanes) is 2. The smallest absolute Gasteiger partial charge is 0.115 e. The first-order valence-electron chi connectivity index (χ1n) is 6.17. The van der Waals surface area contributed by atoms with Crippen LogP contribution >= 0.6 is 11.9 Å². The Morgan fingerprint density at radius 3 is 2.64 bits per heavy atom. The van der Waals surface area contributed by atoms with Crippen LogP contribution in [-0.4, -0.2) is 20.0 Å². The van der Waals surface area contributed by atoms with Crippen LogP contribution in [0.2, 0.25) is 0 Å². The summed E-state index contributed by atoms with van der Waals surface area (Å²) in [7, 11) is 2.21. The van der Waals surface area contributed by atoms with Crippen molar-refractivity contribution in [2.24, 2.45) is 5.41 Å². The molecule has 0 spiro atoms. The Labute approximate surface area is 94.3 Å². The second kappa shape index (κ2) is 6.78. The van der Waals surface area contributed by atoms with E-state index in [1.54, 1.807) is 0 Å². The molecule has 0 aliphatic heterocycles. The first kappa shape index (κ1) is 12.4. The van der Waals surface area contributed by atoms with Crippen LogP contribution in [0.5, 0.6) is 0 Å². The van der Waals surface area contributed by atoms with E-state index in [0.29, 0.717) is 5.41 Å². The van der Waals surface area contributed by atoms with Gasteiger partial charge < -0.3 is 0 Å². The van der Waals surface area contributed by atoms with Crippen molar-refractivity contribution in [3.05, 3.63) is 0 Å². The minimum atomic E-state index is 0.692. The van der Waals surface area contributed by atoms with Gasteiger partial charge in [0.1, 0.15) is 7.85 Å². The first-order chi connectivity index (χ1) is 6.83. The summed E-state index contributed by atoms with van der Waals surface area (Å²) in [6.45, 7) is 3.54. The second-order valence-corrected chi connectivity index (χ2v) is 5.72. The Bertz CT molecular complexity index is 136. The lowest BCUT2D eigenvalue weighted by Crippen LogP contribution is -2.38. The van der Waals surface area contributed by atoms with E-state index >= 15 is 0 Å². The molecule has 3 heteroatoms. The van der Waals surface area contributed by atoms with E-state index in [9.17, 15) is 0 Å². The van der Waals surface area contributed by atoms with Crippen molar-refractivity contribution in [2.75, 3.05) is 12.2 Å². The normalized spacial score (nSPS) is 19.2. The van der Waals surface area contributed by atoms with Crippen LogP contribution in [0.4, 0.5) is 0 Å².